The number of guanidine groups is 1. The third-order valence-electron chi connectivity index (χ3n) is 3.91. The topological polar surface area (TPSA) is 95.7 Å². The Kier molecular flexibility index (Phi) is 8.18. The molecule has 0 aliphatic rings. The highest BCUT2D eigenvalue weighted by molar-refractivity contribution is 14.0. The number of aryl methyl sites for hydroxylation is 1. The van der Waals surface area contributed by atoms with Crippen molar-refractivity contribution >= 4 is 63.1 Å². The molecule has 2 heterocycles. The molecular weight excluding hydrogens is 537 g/mol. The van der Waals surface area contributed by atoms with Crippen LogP contribution in [0.4, 0.5) is 5.69 Å². The molecule has 28 heavy (non-hydrogen) atoms. The van der Waals surface area contributed by atoms with Crippen LogP contribution in [-0.2, 0) is 11.3 Å². The Morgan fingerprint density at radius 3 is 2.82 bits per heavy atom. The molecule has 1 amide bonds. The van der Waals surface area contributed by atoms with Crippen LogP contribution in [0.2, 0.25) is 0 Å². The van der Waals surface area contributed by atoms with E-state index in [-0.39, 0.29) is 36.4 Å². The number of carbonyl (C=O) groups is 1. The SMILES string of the molecule is CN=C(NCC(=O)Nc1cc(Br)ccc1C)NCc1nnc2ccccn12.I. The van der Waals surface area contributed by atoms with Gasteiger partial charge in [-0.2, -0.15) is 0 Å². The van der Waals surface area contributed by atoms with Crippen LogP contribution < -0.4 is 16.0 Å². The van der Waals surface area contributed by atoms with Gasteiger partial charge in [0.15, 0.2) is 17.4 Å². The van der Waals surface area contributed by atoms with E-state index in [1.54, 1.807) is 7.05 Å². The number of hydrogen-bond donors (Lipinski definition) is 3. The van der Waals surface area contributed by atoms with Crippen LogP contribution in [0.15, 0.2) is 52.1 Å². The molecule has 0 fully saturated rings. The molecule has 3 N–H and O–H groups in total. The average molecular weight is 558 g/mol. The number of pyridine rings is 1. The number of fused-ring (bicyclic) bond motifs is 1. The van der Waals surface area contributed by atoms with Gasteiger partial charge in [0.25, 0.3) is 0 Å². The minimum Gasteiger partial charge on any atom is -0.349 e. The van der Waals surface area contributed by atoms with E-state index in [0.29, 0.717) is 12.5 Å². The molecule has 0 atom stereocenters. The zero-order valence-electron chi connectivity index (χ0n) is 15.4. The second kappa shape index (κ2) is 10.4. The lowest BCUT2D eigenvalue weighted by molar-refractivity contribution is -0.115. The van der Waals surface area contributed by atoms with Crippen LogP contribution in [-0.4, -0.2) is 40.1 Å². The Morgan fingerprint density at radius 1 is 1.21 bits per heavy atom. The molecular formula is C18H21BrIN7O. The molecule has 10 heteroatoms. The van der Waals surface area contributed by atoms with Crippen LogP contribution in [0.1, 0.15) is 11.4 Å². The van der Waals surface area contributed by atoms with E-state index in [4.69, 9.17) is 0 Å². The molecule has 0 saturated heterocycles. The van der Waals surface area contributed by atoms with Crippen molar-refractivity contribution in [3.8, 4) is 0 Å². The molecule has 0 aliphatic carbocycles. The van der Waals surface area contributed by atoms with Crippen LogP contribution in [0, 0.1) is 6.92 Å². The van der Waals surface area contributed by atoms with Crippen LogP contribution >= 0.6 is 39.9 Å². The first-order valence-electron chi connectivity index (χ1n) is 8.36. The lowest BCUT2D eigenvalue weighted by atomic mass is 10.2. The lowest BCUT2D eigenvalue weighted by Crippen LogP contribution is -2.41. The molecule has 1 aromatic carbocycles. The number of halogens is 2. The monoisotopic (exact) mass is 557 g/mol. The number of aliphatic imine (C=N–C) groups is 1. The molecule has 0 radical (unpaired) electrons. The molecule has 0 spiro atoms. The van der Waals surface area contributed by atoms with Gasteiger partial charge < -0.3 is 16.0 Å². The van der Waals surface area contributed by atoms with Crippen molar-refractivity contribution in [2.75, 3.05) is 18.9 Å². The number of nitrogens with zero attached hydrogens (tertiary/aromatic N) is 4. The van der Waals surface area contributed by atoms with Gasteiger partial charge in [0.05, 0.1) is 13.1 Å². The van der Waals surface area contributed by atoms with Crippen molar-refractivity contribution < 1.29 is 4.79 Å². The van der Waals surface area contributed by atoms with Crippen molar-refractivity contribution in [2.24, 2.45) is 4.99 Å². The number of anilines is 1. The Hall–Kier alpha value is -2.21. The van der Waals surface area contributed by atoms with Crippen LogP contribution in [0.5, 0.6) is 0 Å². The molecule has 148 valence electrons. The minimum atomic E-state index is -0.160. The zero-order valence-corrected chi connectivity index (χ0v) is 19.4. The molecule has 0 unspecified atom stereocenters. The number of carbonyl (C=O) groups excluding carboxylic acids is 1. The summed E-state index contributed by atoms with van der Waals surface area (Å²) in [4.78, 5) is 16.3. The predicted octanol–water partition coefficient (Wildman–Crippen LogP) is 2.72. The highest BCUT2D eigenvalue weighted by atomic mass is 127. The highest BCUT2D eigenvalue weighted by Gasteiger charge is 2.08. The molecule has 2 aromatic heterocycles. The Balaban J connectivity index is 0.00000280. The zero-order chi connectivity index (χ0) is 19.2. The maximum Gasteiger partial charge on any atom is 0.243 e. The fraction of sp³-hybridized carbons (Fsp3) is 0.222. The average Bonchev–Trinajstić information content (AvgIpc) is 3.08. The van der Waals surface area contributed by atoms with Gasteiger partial charge >= 0.3 is 0 Å². The third kappa shape index (κ3) is 5.64. The number of amides is 1. The van der Waals surface area contributed by atoms with Crippen molar-refractivity contribution in [1.29, 1.82) is 0 Å². The number of rotatable bonds is 5. The Labute approximate surface area is 188 Å². The van der Waals surface area contributed by atoms with Crippen molar-refractivity contribution in [2.45, 2.75) is 13.5 Å². The first-order chi connectivity index (χ1) is 13.1. The van der Waals surface area contributed by atoms with Gasteiger partial charge in [-0.05, 0) is 36.8 Å². The molecule has 8 nitrogen and oxygen atoms in total. The second-order valence-corrected chi connectivity index (χ2v) is 6.75. The largest absolute Gasteiger partial charge is 0.349 e. The van der Waals surface area contributed by atoms with E-state index in [9.17, 15) is 4.79 Å². The maximum atomic E-state index is 12.2. The Morgan fingerprint density at radius 2 is 2.04 bits per heavy atom. The van der Waals surface area contributed by atoms with E-state index in [2.05, 4.69) is 47.1 Å². The van der Waals surface area contributed by atoms with Gasteiger partial charge in [-0.1, -0.05) is 28.1 Å². The van der Waals surface area contributed by atoms with Crippen LogP contribution in [0.3, 0.4) is 0 Å². The van der Waals surface area contributed by atoms with Crippen LogP contribution in [0.25, 0.3) is 5.65 Å². The fourth-order valence-corrected chi connectivity index (χ4v) is 2.84. The third-order valence-corrected chi connectivity index (χ3v) is 4.41. The predicted molar refractivity (Wildman–Crippen MR) is 124 cm³/mol. The molecule has 0 saturated carbocycles. The minimum absolute atomic E-state index is 0. The van der Waals surface area contributed by atoms with Gasteiger partial charge in [0, 0.05) is 23.4 Å². The summed E-state index contributed by atoms with van der Waals surface area (Å²) < 4.78 is 2.80. The van der Waals surface area contributed by atoms with E-state index in [1.807, 2.05) is 53.9 Å². The summed E-state index contributed by atoms with van der Waals surface area (Å²) in [5, 5.41) is 17.3. The maximum absolute atomic E-state index is 12.2. The summed E-state index contributed by atoms with van der Waals surface area (Å²) >= 11 is 3.41. The van der Waals surface area contributed by atoms with Gasteiger partial charge in [0.1, 0.15) is 0 Å². The van der Waals surface area contributed by atoms with Gasteiger partial charge in [-0.25, -0.2) is 0 Å². The number of nitrogens with one attached hydrogen (secondary N) is 3. The van der Waals surface area contributed by atoms with E-state index in [0.717, 1.165) is 27.2 Å². The van der Waals surface area contributed by atoms with Crippen molar-refractivity contribution in [3.05, 3.63) is 58.5 Å². The molecule has 3 aromatic rings. The first-order valence-corrected chi connectivity index (χ1v) is 9.15. The van der Waals surface area contributed by atoms with Gasteiger partial charge in [-0.3, -0.25) is 14.2 Å². The summed E-state index contributed by atoms with van der Waals surface area (Å²) in [7, 11) is 1.65. The second-order valence-electron chi connectivity index (χ2n) is 5.83. The normalized spacial score (nSPS) is 11.0. The van der Waals surface area contributed by atoms with Gasteiger partial charge in [-0.15, -0.1) is 34.2 Å². The number of aromatic nitrogens is 3. The van der Waals surface area contributed by atoms with Crippen molar-refractivity contribution in [1.82, 2.24) is 25.2 Å². The summed E-state index contributed by atoms with van der Waals surface area (Å²) in [6, 6.07) is 11.5. The summed E-state index contributed by atoms with van der Waals surface area (Å²) in [6.45, 7) is 2.46. The van der Waals surface area contributed by atoms with Crippen molar-refractivity contribution in [3.63, 3.8) is 0 Å². The lowest BCUT2D eigenvalue weighted by Gasteiger charge is -2.12. The summed E-state index contributed by atoms with van der Waals surface area (Å²) in [5.41, 5.74) is 2.54. The fourth-order valence-electron chi connectivity index (χ4n) is 2.48. The quantitative estimate of drug-likeness (QED) is 0.255. The summed E-state index contributed by atoms with van der Waals surface area (Å²) in [5.74, 6) is 1.10. The molecule has 0 aliphatic heterocycles. The molecule has 0 bridgehead atoms. The highest BCUT2D eigenvalue weighted by Crippen LogP contribution is 2.20. The van der Waals surface area contributed by atoms with E-state index >= 15 is 0 Å². The van der Waals surface area contributed by atoms with Gasteiger partial charge in [0.2, 0.25) is 5.91 Å². The first kappa shape index (κ1) is 22.1. The number of hydrogen-bond acceptors (Lipinski definition) is 4. The molecule has 3 rings (SSSR count). The summed E-state index contributed by atoms with van der Waals surface area (Å²) in [6.07, 6.45) is 1.90. The smallest absolute Gasteiger partial charge is 0.243 e. The van der Waals surface area contributed by atoms with E-state index < -0.39 is 0 Å². The van der Waals surface area contributed by atoms with E-state index in [1.165, 1.54) is 0 Å². The number of benzene rings is 1. The standard InChI is InChI=1S/C18H20BrN7O.HI/c1-12-6-7-13(19)9-14(12)23-17(27)11-22-18(20-2)21-10-16-25-24-15-5-3-4-8-26(15)16;/h3-9H,10-11H2,1-2H3,(H,23,27)(H2,20,21,22);1H. The Bertz CT molecular complexity index is 989.